The van der Waals surface area contributed by atoms with Crippen molar-refractivity contribution in [3.05, 3.63) is 23.4 Å². The molecule has 0 amide bonds. The molecular weight excluding hydrogens is 248 g/mol. The van der Waals surface area contributed by atoms with E-state index in [1.165, 1.54) is 32.1 Å². The van der Waals surface area contributed by atoms with E-state index in [0.29, 0.717) is 12.5 Å². The largest absolute Gasteiger partial charge is 0.354 e. The number of hydrogen-bond acceptors (Lipinski definition) is 3. The lowest BCUT2D eigenvalue weighted by Crippen LogP contribution is -2.37. The number of ketones is 1. The molecule has 0 bridgehead atoms. The van der Waals surface area contributed by atoms with Crippen molar-refractivity contribution in [3.8, 4) is 0 Å². The number of fused-ring (bicyclic) bond motifs is 1. The number of aryl methyl sites for hydroxylation is 1. The predicted octanol–water partition coefficient (Wildman–Crippen LogP) is 3.76. The predicted molar refractivity (Wildman–Crippen MR) is 81.4 cm³/mol. The highest BCUT2D eigenvalue weighted by atomic mass is 16.1. The van der Waals surface area contributed by atoms with Gasteiger partial charge in [0.15, 0.2) is 5.78 Å². The third kappa shape index (κ3) is 2.58. The van der Waals surface area contributed by atoms with Crippen molar-refractivity contribution in [2.45, 2.75) is 64.3 Å². The molecule has 0 aromatic carbocycles. The second kappa shape index (κ2) is 5.94. The third-order valence-corrected chi connectivity index (χ3v) is 4.73. The lowest BCUT2D eigenvalue weighted by molar-refractivity contribution is 0.0971. The third-order valence-electron chi connectivity index (χ3n) is 4.73. The lowest BCUT2D eigenvalue weighted by atomic mass is 9.93. The molecule has 2 aliphatic carbocycles. The van der Waals surface area contributed by atoms with Gasteiger partial charge in [-0.05, 0) is 44.7 Å². The number of carbonyl (C=O) groups is 1. The normalized spacial score (nSPS) is 19.8. The quantitative estimate of drug-likeness (QED) is 0.840. The van der Waals surface area contributed by atoms with Crippen LogP contribution in [0.2, 0.25) is 0 Å². The Balaban J connectivity index is 1.86. The standard InChI is InChI=1S/C17H24N2O/c1-2-19(13-7-4-3-5-8-13)17-12-11-14-15(18-17)9-6-10-16(14)20/h11-13H,2-10H2,1H3. The summed E-state index contributed by atoms with van der Waals surface area (Å²) in [6.45, 7) is 3.21. The SMILES string of the molecule is CCN(c1ccc2c(n1)CCCC2=O)C1CCCCC1. The summed E-state index contributed by atoms with van der Waals surface area (Å²) in [5.41, 5.74) is 1.88. The highest BCUT2D eigenvalue weighted by molar-refractivity contribution is 5.98. The van der Waals surface area contributed by atoms with E-state index >= 15 is 0 Å². The number of aromatic nitrogens is 1. The monoisotopic (exact) mass is 272 g/mol. The zero-order valence-corrected chi connectivity index (χ0v) is 12.4. The van der Waals surface area contributed by atoms with Crippen LogP contribution in [0.25, 0.3) is 0 Å². The van der Waals surface area contributed by atoms with Crippen molar-refractivity contribution in [2.24, 2.45) is 0 Å². The van der Waals surface area contributed by atoms with Gasteiger partial charge in [0, 0.05) is 24.6 Å². The van der Waals surface area contributed by atoms with Gasteiger partial charge in [0.05, 0.1) is 5.69 Å². The molecule has 0 atom stereocenters. The van der Waals surface area contributed by atoms with E-state index in [4.69, 9.17) is 4.98 Å². The van der Waals surface area contributed by atoms with Gasteiger partial charge in [-0.25, -0.2) is 4.98 Å². The number of pyridine rings is 1. The highest BCUT2D eigenvalue weighted by Crippen LogP contribution is 2.28. The average molecular weight is 272 g/mol. The fourth-order valence-corrected chi connectivity index (χ4v) is 3.65. The molecule has 108 valence electrons. The Bertz CT molecular complexity index is 492. The summed E-state index contributed by atoms with van der Waals surface area (Å²) < 4.78 is 0. The van der Waals surface area contributed by atoms with Gasteiger partial charge in [0.2, 0.25) is 0 Å². The van der Waals surface area contributed by atoms with E-state index in [1.54, 1.807) is 0 Å². The maximum Gasteiger partial charge on any atom is 0.164 e. The van der Waals surface area contributed by atoms with E-state index in [9.17, 15) is 4.79 Å². The number of carbonyl (C=O) groups excluding carboxylic acids is 1. The number of anilines is 1. The smallest absolute Gasteiger partial charge is 0.164 e. The van der Waals surface area contributed by atoms with Gasteiger partial charge in [0.1, 0.15) is 5.82 Å². The summed E-state index contributed by atoms with van der Waals surface area (Å²) in [5, 5.41) is 0. The van der Waals surface area contributed by atoms with Crippen LogP contribution in [0.3, 0.4) is 0 Å². The Morgan fingerprint density at radius 3 is 2.70 bits per heavy atom. The molecule has 0 spiro atoms. The second-order valence-corrected chi connectivity index (χ2v) is 6.02. The van der Waals surface area contributed by atoms with Gasteiger partial charge >= 0.3 is 0 Å². The van der Waals surface area contributed by atoms with Gasteiger partial charge < -0.3 is 4.90 Å². The first-order chi connectivity index (χ1) is 9.79. The summed E-state index contributed by atoms with van der Waals surface area (Å²) in [7, 11) is 0. The van der Waals surface area contributed by atoms with Crippen LogP contribution in [0.1, 0.15) is 67.9 Å². The number of nitrogens with zero attached hydrogens (tertiary/aromatic N) is 2. The molecule has 3 rings (SSSR count). The molecule has 1 heterocycles. The Morgan fingerprint density at radius 1 is 1.15 bits per heavy atom. The summed E-state index contributed by atoms with van der Waals surface area (Å²) in [4.78, 5) is 19.1. The van der Waals surface area contributed by atoms with Crippen LogP contribution >= 0.6 is 0 Å². The Morgan fingerprint density at radius 2 is 1.95 bits per heavy atom. The minimum Gasteiger partial charge on any atom is -0.354 e. The summed E-state index contributed by atoms with van der Waals surface area (Å²) in [5.74, 6) is 1.35. The van der Waals surface area contributed by atoms with Gasteiger partial charge in [-0.3, -0.25) is 4.79 Å². The van der Waals surface area contributed by atoms with Gasteiger partial charge in [0.25, 0.3) is 0 Å². The fourth-order valence-electron chi connectivity index (χ4n) is 3.65. The van der Waals surface area contributed by atoms with Crippen LogP contribution < -0.4 is 4.90 Å². The molecule has 3 heteroatoms. The van der Waals surface area contributed by atoms with Crippen molar-refractivity contribution in [1.82, 2.24) is 4.98 Å². The number of hydrogen-bond donors (Lipinski definition) is 0. The fraction of sp³-hybridized carbons (Fsp3) is 0.647. The van der Waals surface area contributed by atoms with Crippen LogP contribution in [0.4, 0.5) is 5.82 Å². The Kier molecular flexibility index (Phi) is 4.04. The van der Waals surface area contributed by atoms with Gasteiger partial charge in [-0.15, -0.1) is 0 Å². The second-order valence-electron chi connectivity index (χ2n) is 6.02. The molecule has 3 nitrogen and oxygen atoms in total. The molecular formula is C17H24N2O. The molecule has 20 heavy (non-hydrogen) atoms. The molecule has 0 aliphatic heterocycles. The zero-order chi connectivity index (χ0) is 13.9. The highest BCUT2D eigenvalue weighted by Gasteiger charge is 2.24. The maximum atomic E-state index is 11.9. The first-order valence-electron chi connectivity index (χ1n) is 8.09. The van der Waals surface area contributed by atoms with Crippen LogP contribution in [-0.2, 0) is 6.42 Å². The minimum atomic E-state index is 0.269. The summed E-state index contributed by atoms with van der Waals surface area (Å²) in [6.07, 6.45) is 9.22. The van der Waals surface area contributed by atoms with Crippen molar-refractivity contribution in [1.29, 1.82) is 0 Å². The minimum absolute atomic E-state index is 0.269. The summed E-state index contributed by atoms with van der Waals surface area (Å²) in [6, 6.07) is 4.70. The number of Topliss-reactive ketones (excluding diaryl/α,β-unsaturated/α-hetero) is 1. The van der Waals surface area contributed by atoms with Crippen molar-refractivity contribution in [3.63, 3.8) is 0 Å². The van der Waals surface area contributed by atoms with E-state index in [0.717, 1.165) is 36.5 Å². The topological polar surface area (TPSA) is 33.2 Å². The first-order valence-corrected chi connectivity index (χ1v) is 8.09. The van der Waals surface area contributed by atoms with E-state index < -0.39 is 0 Å². The molecule has 0 N–H and O–H groups in total. The lowest BCUT2D eigenvalue weighted by Gasteiger charge is -2.35. The van der Waals surface area contributed by atoms with Crippen molar-refractivity contribution < 1.29 is 4.79 Å². The molecule has 1 fully saturated rings. The molecule has 0 unspecified atom stereocenters. The summed E-state index contributed by atoms with van der Waals surface area (Å²) >= 11 is 0. The molecule has 2 aliphatic rings. The van der Waals surface area contributed by atoms with Gasteiger partial charge in [-0.1, -0.05) is 19.3 Å². The number of rotatable bonds is 3. The Labute approximate surface area is 121 Å². The van der Waals surface area contributed by atoms with Crippen molar-refractivity contribution >= 4 is 11.6 Å². The van der Waals surface area contributed by atoms with Crippen LogP contribution in [0.5, 0.6) is 0 Å². The molecule has 0 radical (unpaired) electrons. The average Bonchev–Trinajstić information content (AvgIpc) is 2.49. The Hall–Kier alpha value is -1.38. The van der Waals surface area contributed by atoms with E-state index in [2.05, 4.69) is 17.9 Å². The van der Waals surface area contributed by atoms with E-state index in [1.807, 2.05) is 6.07 Å². The van der Waals surface area contributed by atoms with Crippen LogP contribution in [0.15, 0.2) is 12.1 Å². The zero-order valence-electron chi connectivity index (χ0n) is 12.4. The molecule has 0 saturated heterocycles. The van der Waals surface area contributed by atoms with E-state index in [-0.39, 0.29) is 5.78 Å². The maximum absolute atomic E-state index is 11.9. The molecule has 1 saturated carbocycles. The van der Waals surface area contributed by atoms with Crippen LogP contribution in [0, 0.1) is 0 Å². The molecule has 1 aromatic rings. The first kappa shape index (κ1) is 13.6. The van der Waals surface area contributed by atoms with Gasteiger partial charge in [-0.2, -0.15) is 0 Å². The molecule has 1 aromatic heterocycles. The van der Waals surface area contributed by atoms with Crippen molar-refractivity contribution in [2.75, 3.05) is 11.4 Å². The van der Waals surface area contributed by atoms with Crippen LogP contribution in [-0.4, -0.2) is 23.4 Å².